The Morgan fingerprint density at radius 3 is 2.00 bits per heavy atom. The number of hydrogen-bond acceptors (Lipinski definition) is 0. The zero-order valence-electron chi connectivity index (χ0n) is 21.5. The van der Waals surface area contributed by atoms with Crippen LogP contribution in [0.5, 0.6) is 0 Å². The molecule has 2 aromatic carbocycles. The van der Waals surface area contributed by atoms with Gasteiger partial charge in [0, 0.05) is 6.42 Å². The highest BCUT2D eigenvalue weighted by atomic mass is 15.2. The van der Waals surface area contributed by atoms with Crippen LogP contribution in [0, 0.1) is 0 Å². The van der Waals surface area contributed by atoms with Crippen LogP contribution in [-0.4, -0.2) is 4.57 Å². The van der Waals surface area contributed by atoms with Crippen molar-refractivity contribution in [1.82, 2.24) is 4.57 Å². The van der Waals surface area contributed by atoms with E-state index in [0.717, 1.165) is 19.4 Å². The van der Waals surface area contributed by atoms with E-state index >= 15 is 0 Å². The lowest BCUT2D eigenvalue weighted by atomic mass is 9.96. The van der Waals surface area contributed by atoms with Gasteiger partial charge in [-0.1, -0.05) is 107 Å². The first-order valence-corrected chi connectivity index (χ1v) is 13.3. The number of unbranched alkanes of at least 4 members (excludes halogenated alkanes) is 6. The Kier molecular flexibility index (Phi) is 10.2. The predicted molar refractivity (Wildman–Crippen MR) is 141 cm³/mol. The van der Waals surface area contributed by atoms with Crippen molar-refractivity contribution in [2.24, 2.45) is 0 Å². The lowest BCUT2D eigenvalue weighted by molar-refractivity contribution is -0.704. The van der Waals surface area contributed by atoms with Crippen molar-refractivity contribution in [2.75, 3.05) is 0 Å². The molecule has 33 heavy (non-hydrogen) atoms. The first-order valence-electron chi connectivity index (χ1n) is 13.3. The van der Waals surface area contributed by atoms with Gasteiger partial charge in [-0.15, -0.1) is 0 Å². The van der Waals surface area contributed by atoms with E-state index in [-0.39, 0.29) is 0 Å². The maximum atomic E-state index is 2.62. The lowest BCUT2D eigenvalue weighted by Gasteiger charge is -2.13. The smallest absolute Gasteiger partial charge is 0.234 e. The van der Waals surface area contributed by atoms with E-state index in [1.165, 1.54) is 67.6 Å². The Morgan fingerprint density at radius 2 is 1.36 bits per heavy atom. The summed E-state index contributed by atoms with van der Waals surface area (Å²) in [6.07, 6.45) is 14.0. The minimum atomic E-state index is 0.456. The second kappa shape index (κ2) is 13.4. The monoisotopic (exact) mass is 445 g/mol. The van der Waals surface area contributed by atoms with Crippen LogP contribution >= 0.6 is 0 Å². The van der Waals surface area contributed by atoms with Gasteiger partial charge in [0.2, 0.25) is 0 Å². The summed E-state index contributed by atoms with van der Waals surface area (Å²) < 4.78 is 5.19. The summed E-state index contributed by atoms with van der Waals surface area (Å²) in [7, 11) is 0. The van der Waals surface area contributed by atoms with Gasteiger partial charge in [0.15, 0.2) is 0 Å². The highest BCUT2D eigenvalue weighted by Crippen LogP contribution is 2.24. The summed E-state index contributed by atoms with van der Waals surface area (Å²) in [4.78, 5) is 0. The van der Waals surface area contributed by atoms with Crippen molar-refractivity contribution in [3.05, 3.63) is 89.5 Å². The molecule has 0 aliphatic rings. The van der Waals surface area contributed by atoms with Gasteiger partial charge in [-0.2, -0.15) is 0 Å². The molecule has 1 atom stereocenters. The van der Waals surface area contributed by atoms with Gasteiger partial charge in [0.1, 0.15) is 11.9 Å². The number of benzene rings is 2. The average molecular weight is 446 g/mol. The Hall–Kier alpha value is -2.35. The molecule has 1 heterocycles. The predicted octanol–water partition coefficient (Wildman–Crippen LogP) is 8.04. The number of imidazole rings is 1. The number of aryl methyl sites for hydroxylation is 1. The van der Waals surface area contributed by atoms with Crippen molar-refractivity contribution >= 4 is 0 Å². The molecule has 178 valence electrons. The third kappa shape index (κ3) is 7.59. The molecule has 0 aliphatic heterocycles. The average Bonchev–Trinajstić information content (AvgIpc) is 3.16. The van der Waals surface area contributed by atoms with Gasteiger partial charge in [-0.05, 0) is 43.7 Å². The summed E-state index contributed by atoms with van der Waals surface area (Å²) in [5.74, 6) is 1.97. The fourth-order valence-corrected chi connectivity index (χ4v) is 5.01. The van der Waals surface area contributed by atoms with Crippen molar-refractivity contribution < 1.29 is 4.57 Å². The number of nitrogens with zero attached hydrogens (tertiary/aromatic N) is 2. The summed E-state index contributed by atoms with van der Waals surface area (Å²) in [5, 5.41) is 0. The maximum absolute atomic E-state index is 2.62. The van der Waals surface area contributed by atoms with E-state index in [0.29, 0.717) is 12.0 Å². The SMILES string of the molecule is CCCCCCCCC[n+]1cc(CC(C)c2ccccc2)n(C(C)C)c1Cc1ccccc1. The van der Waals surface area contributed by atoms with Crippen LogP contribution in [0.2, 0.25) is 0 Å². The highest BCUT2D eigenvalue weighted by Gasteiger charge is 2.26. The molecule has 0 spiro atoms. The summed E-state index contributed by atoms with van der Waals surface area (Å²) in [6.45, 7) is 10.5. The van der Waals surface area contributed by atoms with Crippen molar-refractivity contribution in [3.8, 4) is 0 Å². The van der Waals surface area contributed by atoms with E-state index in [4.69, 9.17) is 0 Å². The van der Waals surface area contributed by atoms with Gasteiger partial charge in [-0.25, -0.2) is 9.13 Å². The molecule has 1 aromatic heterocycles. The standard InChI is InChI=1S/C31H45N2/c1-5-6-7-8-9-10-17-22-32-25-30(23-27(4)29-20-15-12-16-21-29)33(26(2)3)31(32)24-28-18-13-11-14-19-28/h11-16,18-21,25-27H,5-10,17,22-24H2,1-4H3/q+1. The second-order valence-electron chi connectivity index (χ2n) is 9.99. The van der Waals surface area contributed by atoms with Gasteiger partial charge in [-0.3, -0.25) is 0 Å². The molecule has 0 fully saturated rings. The fraction of sp³-hybridized carbons (Fsp3) is 0.516. The van der Waals surface area contributed by atoms with Crippen LogP contribution < -0.4 is 4.57 Å². The Bertz CT molecular complexity index is 924. The third-order valence-corrected chi connectivity index (χ3v) is 6.83. The number of rotatable bonds is 14. The van der Waals surface area contributed by atoms with Gasteiger partial charge in [0.25, 0.3) is 5.82 Å². The molecule has 0 amide bonds. The van der Waals surface area contributed by atoms with Gasteiger partial charge >= 0.3 is 0 Å². The Labute approximate surface area is 202 Å². The molecular formula is C31H45N2+. The first kappa shape index (κ1) is 25.3. The van der Waals surface area contributed by atoms with E-state index < -0.39 is 0 Å². The van der Waals surface area contributed by atoms with Crippen LogP contribution in [0.1, 0.15) is 107 Å². The van der Waals surface area contributed by atoms with E-state index in [1.54, 1.807) is 0 Å². The van der Waals surface area contributed by atoms with Crippen molar-refractivity contribution in [2.45, 2.75) is 104 Å². The minimum Gasteiger partial charge on any atom is -0.234 e. The van der Waals surface area contributed by atoms with E-state index in [2.05, 4.69) is 104 Å². The number of aromatic nitrogens is 2. The maximum Gasteiger partial charge on any atom is 0.261 e. The zero-order chi connectivity index (χ0) is 23.5. The molecule has 3 rings (SSSR count). The van der Waals surface area contributed by atoms with E-state index in [1.807, 2.05) is 0 Å². The summed E-state index contributed by atoms with van der Waals surface area (Å²) in [5.41, 5.74) is 4.29. The highest BCUT2D eigenvalue weighted by molar-refractivity contribution is 5.22. The normalized spacial score (nSPS) is 12.4. The molecule has 0 bridgehead atoms. The topological polar surface area (TPSA) is 8.81 Å². The van der Waals surface area contributed by atoms with Crippen molar-refractivity contribution in [1.29, 1.82) is 0 Å². The molecule has 1 unspecified atom stereocenters. The lowest BCUT2D eigenvalue weighted by Crippen LogP contribution is -2.37. The molecule has 0 saturated carbocycles. The Morgan fingerprint density at radius 1 is 0.758 bits per heavy atom. The minimum absolute atomic E-state index is 0.456. The molecular weight excluding hydrogens is 400 g/mol. The molecule has 2 nitrogen and oxygen atoms in total. The van der Waals surface area contributed by atoms with Gasteiger partial charge in [0.05, 0.1) is 19.0 Å². The van der Waals surface area contributed by atoms with Crippen LogP contribution in [-0.2, 0) is 19.4 Å². The molecule has 0 saturated heterocycles. The van der Waals surface area contributed by atoms with E-state index in [9.17, 15) is 0 Å². The zero-order valence-corrected chi connectivity index (χ0v) is 21.5. The molecule has 0 aliphatic carbocycles. The van der Waals surface area contributed by atoms with Gasteiger partial charge < -0.3 is 0 Å². The molecule has 0 radical (unpaired) electrons. The molecule has 2 heteroatoms. The Balaban J connectivity index is 1.80. The van der Waals surface area contributed by atoms with Crippen LogP contribution in [0.15, 0.2) is 66.9 Å². The van der Waals surface area contributed by atoms with Crippen LogP contribution in [0.3, 0.4) is 0 Å². The molecule has 3 aromatic rings. The quantitative estimate of drug-likeness (QED) is 0.175. The number of hydrogen-bond donors (Lipinski definition) is 0. The van der Waals surface area contributed by atoms with Crippen LogP contribution in [0.4, 0.5) is 0 Å². The summed E-state index contributed by atoms with van der Waals surface area (Å²) in [6, 6.07) is 22.4. The first-order chi connectivity index (χ1) is 16.1. The summed E-state index contributed by atoms with van der Waals surface area (Å²) >= 11 is 0. The molecule has 0 N–H and O–H groups in total. The van der Waals surface area contributed by atoms with Crippen LogP contribution in [0.25, 0.3) is 0 Å². The largest absolute Gasteiger partial charge is 0.261 e. The second-order valence-corrected chi connectivity index (χ2v) is 9.99. The van der Waals surface area contributed by atoms with Crippen molar-refractivity contribution in [3.63, 3.8) is 0 Å². The fourth-order valence-electron chi connectivity index (χ4n) is 5.01. The third-order valence-electron chi connectivity index (χ3n) is 6.83.